The normalized spacial score (nSPS) is 9.24. The molecule has 0 bridgehead atoms. The van der Waals surface area contributed by atoms with Gasteiger partial charge in [0.2, 0.25) is 0 Å². The van der Waals surface area contributed by atoms with E-state index in [-0.39, 0.29) is 11.5 Å². The SMILES string of the molecule is CN.CNC(=S)CCCCCC(=N)N.O=c1ccc2ccccc2o1. The third-order valence-corrected chi connectivity index (χ3v) is 3.57. The Bertz CT molecular complexity index is 701. The zero-order valence-electron chi connectivity index (χ0n) is 14.9. The summed E-state index contributed by atoms with van der Waals surface area (Å²) < 4.78 is 4.91. The van der Waals surface area contributed by atoms with Crippen molar-refractivity contribution in [3.63, 3.8) is 0 Å². The highest BCUT2D eigenvalue weighted by molar-refractivity contribution is 7.80. The fourth-order valence-corrected chi connectivity index (χ4v) is 2.06. The van der Waals surface area contributed by atoms with Gasteiger partial charge in [-0.15, -0.1) is 0 Å². The molecule has 1 aromatic carbocycles. The van der Waals surface area contributed by atoms with Crippen molar-refractivity contribution < 1.29 is 4.42 Å². The molecule has 1 heterocycles. The lowest BCUT2D eigenvalue weighted by Gasteiger charge is -2.01. The van der Waals surface area contributed by atoms with Gasteiger partial charge in [-0.1, -0.05) is 36.8 Å². The number of unbranched alkanes of at least 4 members (excludes halogenated alkanes) is 2. The third-order valence-electron chi connectivity index (χ3n) is 3.16. The van der Waals surface area contributed by atoms with Gasteiger partial charge in [-0.2, -0.15) is 0 Å². The first-order valence-corrected chi connectivity index (χ1v) is 8.54. The van der Waals surface area contributed by atoms with Gasteiger partial charge in [0.25, 0.3) is 0 Å². The summed E-state index contributed by atoms with van der Waals surface area (Å²) in [5.41, 5.74) is 10.0. The van der Waals surface area contributed by atoms with Crippen LogP contribution in [0.3, 0.4) is 0 Å². The number of hydrogen-bond acceptors (Lipinski definition) is 5. The summed E-state index contributed by atoms with van der Waals surface area (Å²) in [5, 5.41) is 10.9. The van der Waals surface area contributed by atoms with Crippen molar-refractivity contribution in [1.82, 2.24) is 5.32 Å². The standard InChI is InChI=1S/C9H6O2.C8H17N3S.CH5N/c10-9-6-5-7-3-1-2-4-8(7)11-9;1-11-8(12)6-4-2-3-5-7(9)10;1-2/h1-6H;2-6H2,1H3,(H3,9,10)(H,11,12);2H2,1H3. The summed E-state index contributed by atoms with van der Waals surface area (Å²) in [7, 11) is 3.35. The van der Waals surface area contributed by atoms with Crippen molar-refractivity contribution in [3.8, 4) is 0 Å². The third kappa shape index (κ3) is 11.0. The van der Waals surface area contributed by atoms with E-state index in [1.807, 2.05) is 25.2 Å². The fourth-order valence-electron chi connectivity index (χ4n) is 1.91. The van der Waals surface area contributed by atoms with E-state index in [0.717, 1.165) is 36.1 Å². The van der Waals surface area contributed by atoms with Gasteiger partial charge in [0.1, 0.15) is 5.58 Å². The average molecular weight is 365 g/mol. The van der Waals surface area contributed by atoms with Crippen molar-refractivity contribution >= 4 is 34.0 Å². The fraction of sp³-hybridized carbons (Fsp3) is 0.389. The number of nitrogens with one attached hydrogen (secondary N) is 2. The summed E-state index contributed by atoms with van der Waals surface area (Å²) in [6, 6.07) is 10.6. The summed E-state index contributed by atoms with van der Waals surface area (Å²) in [5.74, 6) is 0.284. The Morgan fingerprint density at radius 2 is 1.76 bits per heavy atom. The molecular formula is C18H28N4O2S. The molecule has 0 aliphatic carbocycles. The summed E-state index contributed by atoms with van der Waals surface area (Å²) >= 11 is 4.98. The van der Waals surface area contributed by atoms with E-state index in [1.165, 1.54) is 13.1 Å². The van der Waals surface area contributed by atoms with Crippen LogP contribution in [-0.4, -0.2) is 24.9 Å². The van der Waals surface area contributed by atoms with Gasteiger partial charge in [-0.05, 0) is 38.4 Å². The minimum atomic E-state index is -0.302. The Labute approximate surface area is 154 Å². The highest BCUT2D eigenvalue weighted by atomic mass is 32.1. The second kappa shape index (κ2) is 14.1. The molecule has 7 heteroatoms. The van der Waals surface area contributed by atoms with Crippen LogP contribution in [0, 0.1) is 5.41 Å². The zero-order chi connectivity index (χ0) is 19.1. The number of nitrogens with two attached hydrogens (primary N) is 2. The number of hydrogen-bond donors (Lipinski definition) is 4. The lowest BCUT2D eigenvalue weighted by Crippen LogP contribution is -2.14. The first-order chi connectivity index (χ1) is 12.0. The molecule has 2 rings (SSSR count). The lowest BCUT2D eigenvalue weighted by molar-refractivity contribution is 0.561. The molecule has 6 N–H and O–H groups in total. The van der Waals surface area contributed by atoms with Crippen molar-refractivity contribution in [1.29, 1.82) is 5.41 Å². The van der Waals surface area contributed by atoms with E-state index in [9.17, 15) is 4.79 Å². The minimum absolute atomic E-state index is 0.284. The van der Waals surface area contributed by atoms with Crippen LogP contribution in [0.5, 0.6) is 0 Å². The highest BCUT2D eigenvalue weighted by Crippen LogP contribution is 2.09. The zero-order valence-corrected chi connectivity index (χ0v) is 15.7. The van der Waals surface area contributed by atoms with Crippen LogP contribution in [0.2, 0.25) is 0 Å². The molecule has 25 heavy (non-hydrogen) atoms. The first-order valence-electron chi connectivity index (χ1n) is 8.13. The van der Waals surface area contributed by atoms with Crippen molar-refractivity contribution in [2.24, 2.45) is 11.5 Å². The van der Waals surface area contributed by atoms with Crippen LogP contribution in [0.1, 0.15) is 32.1 Å². The van der Waals surface area contributed by atoms with Gasteiger partial charge < -0.3 is 21.2 Å². The molecule has 138 valence electrons. The van der Waals surface area contributed by atoms with Gasteiger partial charge in [0.15, 0.2) is 0 Å². The molecule has 0 saturated heterocycles. The molecule has 0 spiro atoms. The van der Waals surface area contributed by atoms with Gasteiger partial charge in [0.05, 0.1) is 10.8 Å². The van der Waals surface area contributed by atoms with E-state index in [1.54, 1.807) is 12.1 Å². The van der Waals surface area contributed by atoms with E-state index in [0.29, 0.717) is 12.0 Å². The van der Waals surface area contributed by atoms with E-state index < -0.39 is 0 Å². The number of thiocarbonyl (C=S) groups is 1. The molecule has 0 unspecified atom stereocenters. The predicted molar refractivity (Wildman–Crippen MR) is 109 cm³/mol. The molecule has 0 radical (unpaired) electrons. The molecule has 0 fully saturated rings. The number of rotatable bonds is 6. The Morgan fingerprint density at radius 1 is 1.12 bits per heavy atom. The average Bonchev–Trinajstić information content (AvgIpc) is 2.63. The van der Waals surface area contributed by atoms with Gasteiger partial charge in [0, 0.05) is 24.9 Å². The van der Waals surface area contributed by atoms with Crippen LogP contribution in [-0.2, 0) is 0 Å². The van der Waals surface area contributed by atoms with E-state index in [4.69, 9.17) is 27.8 Å². The maximum atomic E-state index is 10.7. The van der Waals surface area contributed by atoms with E-state index in [2.05, 4.69) is 11.1 Å². The molecule has 0 saturated carbocycles. The topological polar surface area (TPSA) is 118 Å². The largest absolute Gasteiger partial charge is 0.423 e. The lowest BCUT2D eigenvalue weighted by atomic mass is 10.1. The smallest absolute Gasteiger partial charge is 0.336 e. The van der Waals surface area contributed by atoms with Crippen LogP contribution in [0.15, 0.2) is 45.6 Å². The monoisotopic (exact) mass is 364 g/mol. The predicted octanol–water partition coefficient (Wildman–Crippen LogP) is 2.79. The Morgan fingerprint density at radius 3 is 2.40 bits per heavy atom. The minimum Gasteiger partial charge on any atom is -0.423 e. The van der Waals surface area contributed by atoms with Crippen molar-refractivity contribution in [3.05, 3.63) is 46.8 Å². The first kappa shape index (κ1) is 22.8. The number of amidine groups is 1. The van der Waals surface area contributed by atoms with Crippen LogP contribution < -0.4 is 22.4 Å². The summed E-state index contributed by atoms with van der Waals surface area (Å²) in [6.45, 7) is 0. The number of para-hydroxylation sites is 1. The molecule has 2 aromatic rings. The van der Waals surface area contributed by atoms with Gasteiger partial charge in [-0.3, -0.25) is 5.41 Å². The Kier molecular flexibility index (Phi) is 12.9. The van der Waals surface area contributed by atoms with Gasteiger partial charge in [-0.25, -0.2) is 4.79 Å². The molecule has 0 atom stereocenters. The van der Waals surface area contributed by atoms with E-state index >= 15 is 0 Å². The molecular weight excluding hydrogens is 336 g/mol. The number of fused-ring (bicyclic) bond motifs is 1. The molecule has 0 aliphatic heterocycles. The van der Waals surface area contributed by atoms with Crippen LogP contribution in [0.4, 0.5) is 0 Å². The summed E-state index contributed by atoms with van der Waals surface area (Å²) in [4.78, 5) is 11.6. The summed E-state index contributed by atoms with van der Waals surface area (Å²) in [6.07, 6.45) is 4.85. The van der Waals surface area contributed by atoms with Crippen LogP contribution >= 0.6 is 12.2 Å². The van der Waals surface area contributed by atoms with Crippen molar-refractivity contribution in [2.75, 3.05) is 14.1 Å². The van der Waals surface area contributed by atoms with Crippen LogP contribution in [0.25, 0.3) is 11.0 Å². The highest BCUT2D eigenvalue weighted by Gasteiger charge is 1.94. The maximum Gasteiger partial charge on any atom is 0.336 e. The molecule has 0 aliphatic rings. The molecule has 6 nitrogen and oxygen atoms in total. The maximum absolute atomic E-state index is 10.7. The Hall–Kier alpha value is -2.25. The molecule has 0 amide bonds. The Balaban J connectivity index is 0.000000419. The van der Waals surface area contributed by atoms with Gasteiger partial charge >= 0.3 is 5.63 Å². The number of benzene rings is 1. The second-order valence-corrected chi connectivity index (χ2v) is 5.54. The second-order valence-electron chi connectivity index (χ2n) is 5.05. The van der Waals surface area contributed by atoms with Crippen molar-refractivity contribution in [2.45, 2.75) is 32.1 Å². The quantitative estimate of drug-likeness (QED) is 0.206. The molecule has 1 aromatic heterocycles.